The Hall–Kier alpha value is -3.14. The maximum absolute atomic E-state index is 13.7. The SMILES string of the molecule is COc1cc(-c2onc(N3CC(N4CCCCC4)C3)c2C(=O)O)ccc1F.O=CO. The van der Waals surface area contributed by atoms with Crippen LogP contribution in [0.15, 0.2) is 22.7 Å². The number of hydrogen-bond acceptors (Lipinski definition) is 7. The van der Waals surface area contributed by atoms with E-state index >= 15 is 0 Å². The van der Waals surface area contributed by atoms with Gasteiger partial charge >= 0.3 is 5.97 Å². The molecular formula is C20H24FN3O6. The van der Waals surface area contributed by atoms with Crippen molar-refractivity contribution in [3.63, 3.8) is 0 Å². The van der Waals surface area contributed by atoms with E-state index in [0.29, 0.717) is 17.4 Å². The highest BCUT2D eigenvalue weighted by Crippen LogP contribution is 2.36. The number of likely N-dealkylation sites (tertiary alicyclic amines) is 1. The summed E-state index contributed by atoms with van der Waals surface area (Å²) in [6, 6.07) is 4.52. The van der Waals surface area contributed by atoms with Crippen molar-refractivity contribution in [2.75, 3.05) is 38.2 Å². The molecule has 9 nitrogen and oxygen atoms in total. The molecule has 3 heterocycles. The lowest BCUT2D eigenvalue weighted by Crippen LogP contribution is -2.60. The van der Waals surface area contributed by atoms with E-state index in [0.717, 1.165) is 26.2 Å². The fraction of sp³-hybridized carbons (Fsp3) is 0.450. The van der Waals surface area contributed by atoms with Gasteiger partial charge < -0.3 is 24.4 Å². The summed E-state index contributed by atoms with van der Waals surface area (Å²) in [7, 11) is 1.35. The second-order valence-corrected chi connectivity index (χ2v) is 7.13. The van der Waals surface area contributed by atoms with Gasteiger partial charge in [-0.1, -0.05) is 11.6 Å². The van der Waals surface area contributed by atoms with E-state index in [1.165, 1.54) is 44.6 Å². The third-order valence-corrected chi connectivity index (χ3v) is 5.37. The Balaban J connectivity index is 0.000000806. The van der Waals surface area contributed by atoms with Gasteiger partial charge in [0.25, 0.3) is 6.47 Å². The summed E-state index contributed by atoms with van der Waals surface area (Å²) < 4.78 is 24.0. The van der Waals surface area contributed by atoms with Gasteiger partial charge in [0.05, 0.1) is 7.11 Å². The average Bonchev–Trinajstić information content (AvgIpc) is 3.14. The topological polar surface area (TPSA) is 116 Å². The number of rotatable bonds is 5. The molecule has 0 saturated carbocycles. The average molecular weight is 421 g/mol. The number of carbonyl (C=O) groups is 2. The van der Waals surface area contributed by atoms with Gasteiger partial charge in [0.1, 0.15) is 0 Å². The molecule has 10 heteroatoms. The van der Waals surface area contributed by atoms with Crippen LogP contribution in [0.1, 0.15) is 29.6 Å². The molecular weight excluding hydrogens is 397 g/mol. The summed E-state index contributed by atoms with van der Waals surface area (Å²) in [5.41, 5.74) is 0.415. The lowest BCUT2D eigenvalue weighted by atomic mass is 10.0. The molecule has 2 aliphatic heterocycles. The molecule has 2 fully saturated rings. The first-order valence-electron chi connectivity index (χ1n) is 9.63. The fourth-order valence-electron chi connectivity index (χ4n) is 3.83. The summed E-state index contributed by atoms with van der Waals surface area (Å²) in [5.74, 6) is -1.18. The van der Waals surface area contributed by atoms with Crippen LogP contribution in [0, 0.1) is 5.82 Å². The van der Waals surface area contributed by atoms with Gasteiger partial charge in [-0.3, -0.25) is 9.69 Å². The first-order valence-corrected chi connectivity index (χ1v) is 9.63. The number of carboxylic acids is 1. The van der Waals surface area contributed by atoms with Crippen molar-refractivity contribution < 1.29 is 33.5 Å². The predicted octanol–water partition coefficient (Wildman–Crippen LogP) is 2.56. The van der Waals surface area contributed by atoms with Gasteiger partial charge in [0.2, 0.25) is 0 Å². The Kier molecular flexibility index (Phi) is 6.88. The number of aromatic nitrogens is 1. The fourth-order valence-corrected chi connectivity index (χ4v) is 3.83. The van der Waals surface area contributed by atoms with E-state index in [4.69, 9.17) is 19.2 Å². The molecule has 0 radical (unpaired) electrons. The summed E-state index contributed by atoms with van der Waals surface area (Å²) in [4.78, 5) is 24.6. The van der Waals surface area contributed by atoms with Crippen molar-refractivity contribution in [1.29, 1.82) is 0 Å². The van der Waals surface area contributed by atoms with Crippen molar-refractivity contribution in [2.45, 2.75) is 25.3 Å². The molecule has 1 aromatic carbocycles. The van der Waals surface area contributed by atoms with Gasteiger partial charge in [-0.25, -0.2) is 9.18 Å². The zero-order valence-electron chi connectivity index (χ0n) is 16.6. The van der Waals surface area contributed by atoms with E-state index in [1.54, 1.807) is 0 Å². The zero-order valence-corrected chi connectivity index (χ0v) is 16.6. The summed E-state index contributed by atoms with van der Waals surface area (Å²) in [6.07, 6.45) is 3.72. The molecule has 1 aromatic heterocycles. The van der Waals surface area contributed by atoms with E-state index in [1.807, 2.05) is 4.90 Å². The minimum Gasteiger partial charge on any atom is -0.494 e. The highest BCUT2D eigenvalue weighted by molar-refractivity contribution is 5.99. The van der Waals surface area contributed by atoms with Crippen molar-refractivity contribution in [1.82, 2.24) is 10.1 Å². The van der Waals surface area contributed by atoms with Crippen LogP contribution in [0.3, 0.4) is 0 Å². The van der Waals surface area contributed by atoms with Crippen LogP contribution in [0.5, 0.6) is 5.75 Å². The Morgan fingerprint density at radius 3 is 2.57 bits per heavy atom. The largest absolute Gasteiger partial charge is 0.494 e. The van der Waals surface area contributed by atoms with Crippen molar-refractivity contribution >= 4 is 18.3 Å². The van der Waals surface area contributed by atoms with E-state index in [-0.39, 0.29) is 23.5 Å². The molecule has 4 rings (SSSR count). The molecule has 0 spiro atoms. The van der Waals surface area contributed by atoms with Crippen LogP contribution in [0.2, 0.25) is 0 Å². The maximum atomic E-state index is 13.7. The minimum absolute atomic E-state index is 0.000699. The molecule has 2 aliphatic rings. The molecule has 0 aliphatic carbocycles. The summed E-state index contributed by atoms with van der Waals surface area (Å²) in [6.45, 7) is 3.42. The molecule has 0 unspecified atom stereocenters. The number of halogens is 1. The number of piperidine rings is 1. The Labute approximate surface area is 172 Å². The third kappa shape index (κ3) is 4.38. The number of methoxy groups -OCH3 is 1. The van der Waals surface area contributed by atoms with Gasteiger partial charge in [0.15, 0.2) is 28.7 Å². The van der Waals surface area contributed by atoms with E-state index in [9.17, 15) is 14.3 Å². The molecule has 2 N–H and O–H groups in total. The molecule has 0 amide bonds. The second kappa shape index (κ2) is 9.57. The summed E-state index contributed by atoms with van der Waals surface area (Å²) in [5, 5.41) is 20.6. The molecule has 30 heavy (non-hydrogen) atoms. The number of ether oxygens (including phenoxy) is 1. The number of benzene rings is 1. The van der Waals surface area contributed by atoms with Crippen LogP contribution in [0.4, 0.5) is 10.2 Å². The molecule has 2 saturated heterocycles. The number of hydrogen-bond donors (Lipinski definition) is 2. The van der Waals surface area contributed by atoms with Crippen LogP contribution < -0.4 is 9.64 Å². The minimum atomic E-state index is -1.12. The van der Waals surface area contributed by atoms with Gasteiger partial charge in [-0.05, 0) is 44.1 Å². The second-order valence-electron chi connectivity index (χ2n) is 7.13. The first kappa shape index (κ1) is 21.6. The lowest BCUT2D eigenvalue weighted by Gasteiger charge is -2.46. The van der Waals surface area contributed by atoms with Crippen LogP contribution in [-0.4, -0.2) is 72.0 Å². The molecule has 0 bridgehead atoms. The zero-order chi connectivity index (χ0) is 21.7. The number of carboxylic acid groups (broad SMARTS) is 2. The van der Waals surface area contributed by atoms with E-state index < -0.39 is 11.8 Å². The highest BCUT2D eigenvalue weighted by atomic mass is 19.1. The van der Waals surface area contributed by atoms with E-state index in [2.05, 4.69) is 10.1 Å². The third-order valence-electron chi connectivity index (χ3n) is 5.37. The van der Waals surface area contributed by atoms with Crippen LogP contribution in [0.25, 0.3) is 11.3 Å². The Bertz CT molecular complexity index is 891. The van der Waals surface area contributed by atoms with Crippen molar-refractivity contribution in [3.8, 4) is 17.1 Å². The van der Waals surface area contributed by atoms with Gasteiger partial charge in [0, 0.05) is 24.7 Å². The van der Waals surface area contributed by atoms with Gasteiger partial charge in [-0.15, -0.1) is 0 Å². The Morgan fingerprint density at radius 1 is 1.30 bits per heavy atom. The lowest BCUT2D eigenvalue weighted by molar-refractivity contribution is -0.122. The van der Waals surface area contributed by atoms with Crippen LogP contribution in [-0.2, 0) is 4.79 Å². The maximum Gasteiger partial charge on any atom is 0.343 e. The summed E-state index contributed by atoms with van der Waals surface area (Å²) >= 11 is 0. The standard InChI is InChI=1S/C19H22FN3O4.CH2O2/c1-26-15-9-12(5-6-14(15)20)17-16(19(24)25)18(21-27-17)23-10-13(11-23)22-7-3-2-4-8-22;2-1-3/h5-6,9,13H,2-4,7-8,10-11H2,1H3,(H,24,25);1H,(H,2,3). The van der Waals surface area contributed by atoms with Crippen molar-refractivity contribution in [2.24, 2.45) is 0 Å². The molecule has 162 valence electrons. The van der Waals surface area contributed by atoms with Gasteiger partial charge in [-0.2, -0.15) is 0 Å². The number of nitrogens with zero attached hydrogens (tertiary/aromatic N) is 3. The predicted molar refractivity (Wildman–Crippen MR) is 106 cm³/mol. The molecule has 2 aromatic rings. The quantitative estimate of drug-likeness (QED) is 0.703. The normalized spacial score (nSPS) is 16.9. The monoisotopic (exact) mass is 421 g/mol. The Morgan fingerprint density at radius 2 is 1.97 bits per heavy atom. The van der Waals surface area contributed by atoms with Crippen LogP contribution >= 0.6 is 0 Å². The molecule has 0 atom stereocenters. The first-order chi connectivity index (χ1) is 14.5. The number of aromatic carboxylic acids is 1. The van der Waals surface area contributed by atoms with Crippen molar-refractivity contribution in [3.05, 3.63) is 29.6 Å². The number of anilines is 1. The smallest absolute Gasteiger partial charge is 0.343 e. The highest BCUT2D eigenvalue weighted by Gasteiger charge is 2.37.